The van der Waals surface area contributed by atoms with Gasteiger partial charge in [-0.15, -0.1) is 0 Å². The fourth-order valence-electron chi connectivity index (χ4n) is 1.42. The molecular formula is C12H17BrN2O2. The van der Waals surface area contributed by atoms with Gasteiger partial charge in [0, 0.05) is 26.7 Å². The van der Waals surface area contributed by atoms with E-state index in [0.29, 0.717) is 19.4 Å². The van der Waals surface area contributed by atoms with E-state index in [1.165, 1.54) is 0 Å². The lowest BCUT2D eigenvalue weighted by molar-refractivity contribution is -0.143. The summed E-state index contributed by atoms with van der Waals surface area (Å²) in [6.07, 6.45) is 2.83. The number of hydrogen-bond acceptors (Lipinski definition) is 4. The van der Waals surface area contributed by atoms with Gasteiger partial charge in [-0.1, -0.05) is 0 Å². The van der Waals surface area contributed by atoms with Crippen LogP contribution in [0.25, 0.3) is 0 Å². The number of hydrogen-bond donors (Lipinski definition) is 0. The highest BCUT2D eigenvalue weighted by Gasteiger charge is 2.07. The predicted octanol–water partition coefficient (Wildman–Crippen LogP) is 2.41. The van der Waals surface area contributed by atoms with Gasteiger partial charge in [0.25, 0.3) is 0 Å². The molecule has 0 aliphatic carbocycles. The Morgan fingerprint density at radius 3 is 2.76 bits per heavy atom. The molecule has 1 aromatic heterocycles. The number of halogens is 1. The van der Waals surface area contributed by atoms with Crippen LogP contribution in [-0.2, 0) is 16.0 Å². The smallest absolute Gasteiger partial charge is 0.306 e. The second-order valence-electron chi connectivity index (χ2n) is 3.85. The van der Waals surface area contributed by atoms with Crippen molar-refractivity contribution in [3.8, 4) is 0 Å². The molecule has 94 valence electrons. The zero-order chi connectivity index (χ0) is 12.8. The van der Waals surface area contributed by atoms with Crippen LogP contribution in [0.2, 0.25) is 0 Å². The monoisotopic (exact) mass is 300 g/mol. The molecule has 1 aromatic rings. The molecular weight excluding hydrogens is 284 g/mol. The zero-order valence-electron chi connectivity index (χ0n) is 10.4. The first-order chi connectivity index (χ1) is 8.04. The highest BCUT2D eigenvalue weighted by Crippen LogP contribution is 2.23. The van der Waals surface area contributed by atoms with Crippen LogP contribution in [0.4, 0.5) is 5.82 Å². The van der Waals surface area contributed by atoms with E-state index in [2.05, 4.69) is 20.9 Å². The van der Waals surface area contributed by atoms with E-state index < -0.39 is 0 Å². The van der Waals surface area contributed by atoms with Crippen molar-refractivity contribution < 1.29 is 9.53 Å². The molecule has 0 bridgehead atoms. The van der Waals surface area contributed by atoms with Gasteiger partial charge in [-0.05, 0) is 40.9 Å². The van der Waals surface area contributed by atoms with E-state index in [-0.39, 0.29) is 5.97 Å². The standard InChI is InChI=1S/C12H17BrN2O2/c1-4-17-11(16)6-5-9-7-10(13)12(14-8-9)15(2)3/h7-8H,4-6H2,1-3H3. The summed E-state index contributed by atoms with van der Waals surface area (Å²) in [4.78, 5) is 17.5. The summed E-state index contributed by atoms with van der Waals surface area (Å²) in [5.74, 6) is 0.713. The maximum atomic E-state index is 11.2. The number of aromatic nitrogens is 1. The Labute approximate surface area is 110 Å². The third-order valence-corrected chi connectivity index (χ3v) is 2.81. The number of ether oxygens (including phenoxy) is 1. The Bertz CT molecular complexity index is 394. The minimum Gasteiger partial charge on any atom is -0.466 e. The van der Waals surface area contributed by atoms with Crippen LogP contribution in [0.15, 0.2) is 16.7 Å². The summed E-state index contributed by atoms with van der Waals surface area (Å²) >= 11 is 3.47. The van der Waals surface area contributed by atoms with Crippen LogP contribution in [0.3, 0.4) is 0 Å². The van der Waals surface area contributed by atoms with Crippen LogP contribution in [-0.4, -0.2) is 31.7 Å². The fourth-order valence-corrected chi connectivity index (χ4v) is 2.17. The molecule has 0 unspecified atom stereocenters. The molecule has 0 saturated heterocycles. The summed E-state index contributed by atoms with van der Waals surface area (Å²) in [7, 11) is 3.87. The van der Waals surface area contributed by atoms with Crippen molar-refractivity contribution in [3.63, 3.8) is 0 Å². The number of rotatable bonds is 5. The number of esters is 1. The van der Waals surface area contributed by atoms with E-state index in [4.69, 9.17) is 4.74 Å². The molecule has 5 heteroatoms. The van der Waals surface area contributed by atoms with Gasteiger partial charge in [0.05, 0.1) is 11.1 Å². The minimum absolute atomic E-state index is 0.166. The molecule has 0 atom stereocenters. The highest BCUT2D eigenvalue weighted by atomic mass is 79.9. The molecule has 0 saturated carbocycles. The normalized spacial score (nSPS) is 10.1. The van der Waals surface area contributed by atoms with Crippen molar-refractivity contribution in [3.05, 3.63) is 22.3 Å². The lowest BCUT2D eigenvalue weighted by Crippen LogP contribution is -2.11. The number of aryl methyl sites for hydroxylation is 1. The van der Waals surface area contributed by atoms with Crippen LogP contribution in [0, 0.1) is 0 Å². The predicted molar refractivity (Wildman–Crippen MR) is 71.2 cm³/mol. The van der Waals surface area contributed by atoms with Crippen LogP contribution in [0.1, 0.15) is 18.9 Å². The average molecular weight is 301 g/mol. The van der Waals surface area contributed by atoms with E-state index in [0.717, 1.165) is 15.9 Å². The Hall–Kier alpha value is -1.10. The first-order valence-electron chi connectivity index (χ1n) is 5.52. The van der Waals surface area contributed by atoms with Crippen molar-refractivity contribution in [2.45, 2.75) is 19.8 Å². The Morgan fingerprint density at radius 1 is 1.53 bits per heavy atom. The van der Waals surface area contributed by atoms with E-state index in [1.54, 1.807) is 6.20 Å². The van der Waals surface area contributed by atoms with Crippen LogP contribution < -0.4 is 4.90 Å². The Kier molecular flexibility index (Phi) is 5.41. The second-order valence-corrected chi connectivity index (χ2v) is 4.70. The van der Waals surface area contributed by atoms with Gasteiger partial charge in [-0.2, -0.15) is 0 Å². The first kappa shape index (κ1) is 14.0. The third-order valence-electron chi connectivity index (χ3n) is 2.23. The minimum atomic E-state index is -0.166. The molecule has 0 radical (unpaired) electrons. The van der Waals surface area contributed by atoms with E-state index in [9.17, 15) is 4.79 Å². The number of nitrogens with zero attached hydrogens (tertiary/aromatic N) is 2. The maximum Gasteiger partial charge on any atom is 0.306 e. The quantitative estimate of drug-likeness (QED) is 0.783. The molecule has 4 nitrogen and oxygen atoms in total. The van der Waals surface area contributed by atoms with E-state index in [1.807, 2.05) is 32.0 Å². The van der Waals surface area contributed by atoms with Crippen molar-refractivity contribution in [2.24, 2.45) is 0 Å². The van der Waals surface area contributed by atoms with Gasteiger partial charge in [0.15, 0.2) is 0 Å². The van der Waals surface area contributed by atoms with Crippen molar-refractivity contribution in [1.82, 2.24) is 4.98 Å². The molecule has 17 heavy (non-hydrogen) atoms. The van der Waals surface area contributed by atoms with Crippen molar-refractivity contribution in [2.75, 3.05) is 25.6 Å². The molecule has 0 amide bonds. The van der Waals surface area contributed by atoms with Gasteiger partial charge >= 0.3 is 5.97 Å². The van der Waals surface area contributed by atoms with Gasteiger partial charge in [-0.25, -0.2) is 4.98 Å². The molecule has 0 N–H and O–H groups in total. The SMILES string of the molecule is CCOC(=O)CCc1cnc(N(C)C)c(Br)c1. The summed E-state index contributed by atoms with van der Waals surface area (Å²) in [6.45, 7) is 2.24. The number of pyridine rings is 1. The topological polar surface area (TPSA) is 42.4 Å². The fraction of sp³-hybridized carbons (Fsp3) is 0.500. The third kappa shape index (κ3) is 4.34. The molecule has 0 spiro atoms. The van der Waals surface area contributed by atoms with Gasteiger partial charge < -0.3 is 9.64 Å². The Balaban J connectivity index is 2.62. The Morgan fingerprint density at radius 2 is 2.24 bits per heavy atom. The lowest BCUT2D eigenvalue weighted by Gasteiger charge is -2.13. The maximum absolute atomic E-state index is 11.2. The number of carbonyl (C=O) groups is 1. The summed E-state index contributed by atoms with van der Waals surface area (Å²) < 4.78 is 5.81. The molecule has 0 fully saturated rings. The zero-order valence-corrected chi connectivity index (χ0v) is 12.0. The van der Waals surface area contributed by atoms with Crippen molar-refractivity contribution >= 4 is 27.7 Å². The van der Waals surface area contributed by atoms with Gasteiger partial charge in [0.1, 0.15) is 5.82 Å². The molecule has 0 aliphatic rings. The van der Waals surface area contributed by atoms with Crippen molar-refractivity contribution in [1.29, 1.82) is 0 Å². The van der Waals surface area contributed by atoms with E-state index >= 15 is 0 Å². The molecule has 1 rings (SSSR count). The average Bonchev–Trinajstić information content (AvgIpc) is 2.26. The molecule has 0 aromatic carbocycles. The summed E-state index contributed by atoms with van der Waals surface area (Å²) in [6, 6.07) is 1.99. The summed E-state index contributed by atoms with van der Waals surface area (Å²) in [5.41, 5.74) is 1.02. The summed E-state index contributed by atoms with van der Waals surface area (Å²) in [5, 5.41) is 0. The molecule has 0 aliphatic heterocycles. The van der Waals surface area contributed by atoms with Crippen LogP contribution >= 0.6 is 15.9 Å². The highest BCUT2D eigenvalue weighted by molar-refractivity contribution is 9.10. The van der Waals surface area contributed by atoms with Gasteiger partial charge in [0.2, 0.25) is 0 Å². The van der Waals surface area contributed by atoms with Gasteiger partial charge in [-0.3, -0.25) is 4.79 Å². The molecule has 1 heterocycles. The number of carbonyl (C=O) groups excluding carboxylic acids is 1. The largest absolute Gasteiger partial charge is 0.466 e. The van der Waals surface area contributed by atoms with Crippen LogP contribution in [0.5, 0.6) is 0 Å². The first-order valence-corrected chi connectivity index (χ1v) is 6.31. The lowest BCUT2D eigenvalue weighted by atomic mass is 10.1. The second kappa shape index (κ2) is 6.59. The number of anilines is 1.